The summed E-state index contributed by atoms with van der Waals surface area (Å²) in [7, 11) is -4.09. The van der Waals surface area contributed by atoms with Crippen LogP contribution in [0.2, 0.25) is 5.02 Å². The number of sulfonamides is 1. The molecule has 0 saturated heterocycles. The highest BCUT2D eigenvalue weighted by Gasteiger charge is 2.33. The van der Waals surface area contributed by atoms with Crippen molar-refractivity contribution in [2.24, 2.45) is 0 Å². The Hall–Kier alpha value is -3.36. The molecule has 1 atom stereocenters. The maximum Gasteiger partial charge on any atom is 0.264 e. The number of halogens is 1. The topological polar surface area (TPSA) is 86.8 Å². The number of rotatable bonds is 10. The summed E-state index contributed by atoms with van der Waals surface area (Å²) in [6.45, 7) is 7.09. The maximum atomic E-state index is 13.8. The zero-order chi connectivity index (χ0) is 27.2. The molecule has 2 amide bonds. The average molecular weight is 542 g/mol. The van der Waals surface area contributed by atoms with Gasteiger partial charge in [0, 0.05) is 18.1 Å². The maximum absolute atomic E-state index is 13.8. The highest BCUT2D eigenvalue weighted by molar-refractivity contribution is 7.92. The fourth-order valence-corrected chi connectivity index (χ4v) is 5.66. The molecule has 3 aromatic rings. The molecule has 0 aromatic heterocycles. The van der Waals surface area contributed by atoms with Crippen molar-refractivity contribution in [2.45, 2.75) is 45.2 Å². The highest BCUT2D eigenvalue weighted by atomic mass is 35.5. The van der Waals surface area contributed by atoms with Crippen LogP contribution < -0.4 is 9.62 Å². The Bertz CT molecular complexity index is 1360. The van der Waals surface area contributed by atoms with Gasteiger partial charge < -0.3 is 10.2 Å². The third-order valence-corrected chi connectivity index (χ3v) is 8.01. The fraction of sp³-hybridized carbons (Fsp3) is 0.286. The number of anilines is 1. The number of hydrogen-bond acceptors (Lipinski definition) is 4. The van der Waals surface area contributed by atoms with Gasteiger partial charge in [0.1, 0.15) is 12.6 Å². The zero-order valence-electron chi connectivity index (χ0n) is 21.4. The minimum absolute atomic E-state index is 0.0712. The second kappa shape index (κ2) is 12.3. The largest absolute Gasteiger partial charge is 0.355 e. The number of amides is 2. The van der Waals surface area contributed by atoms with Crippen LogP contribution in [0.25, 0.3) is 0 Å². The lowest BCUT2D eigenvalue weighted by Gasteiger charge is -2.32. The van der Waals surface area contributed by atoms with Gasteiger partial charge in [0.05, 0.1) is 10.6 Å². The van der Waals surface area contributed by atoms with E-state index in [1.807, 2.05) is 19.1 Å². The van der Waals surface area contributed by atoms with E-state index in [1.165, 1.54) is 17.0 Å². The van der Waals surface area contributed by atoms with Crippen molar-refractivity contribution >= 4 is 39.1 Å². The Morgan fingerprint density at radius 1 is 0.973 bits per heavy atom. The number of likely N-dealkylation sites (N-methyl/N-ethyl adjacent to an activating group) is 1. The van der Waals surface area contributed by atoms with Gasteiger partial charge in [-0.1, -0.05) is 54.1 Å². The number of hydrogen-bond donors (Lipinski definition) is 1. The van der Waals surface area contributed by atoms with Gasteiger partial charge in [0.2, 0.25) is 11.8 Å². The smallest absolute Gasteiger partial charge is 0.264 e. The summed E-state index contributed by atoms with van der Waals surface area (Å²) >= 11 is 6.15. The van der Waals surface area contributed by atoms with E-state index >= 15 is 0 Å². The van der Waals surface area contributed by atoms with Crippen molar-refractivity contribution in [1.82, 2.24) is 10.2 Å². The average Bonchev–Trinajstić information content (AvgIpc) is 2.87. The van der Waals surface area contributed by atoms with E-state index < -0.39 is 28.5 Å². The Morgan fingerprint density at radius 2 is 1.68 bits per heavy atom. The third kappa shape index (κ3) is 6.90. The molecule has 1 N–H and O–H groups in total. The van der Waals surface area contributed by atoms with E-state index in [0.717, 1.165) is 15.4 Å². The van der Waals surface area contributed by atoms with Crippen molar-refractivity contribution in [3.05, 3.63) is 94.5 Å². The number of benzene rings is 3. The van der Waals surface area contributed by atoms with E-state index in [4.69, 9.17) is 11.6 Å². The molecular weight excluding hydrogens is 510 g/mol. The molecule has 7 nitrogen and oxygen atoms in total. The SMILES string of the molecule is CCNC(=O)[C@@H](C)N(Cc1cccc(Cl)c1)C(=O)CN(c1cc(C)ccc1C)S(=O)(=O)c1ccccc1. The molecule has 0 aliphatic carbocycles. The van der Waals surface area contributed by atoms with E-state index in [0.29, 0.717) is 22.8 Å². The number of carbonyl (C=O) groups is 2. The summed E-state index contributed by atoms with van der Waals surface area (Å²) in [5.74, 6) is -0.846. The molecule has 0 bridgehead atoms. The highest BCUT2D eigenvalue weighted by Crippen LogP contribution is 2.28. The van der Waals surface area contributed by atoms with Crippen molar-refractivity contribution < 1.29 is 18.0 Å². The first kappa shape index (κ1) is 28.2. The predicted molar refractivity (Wildman–Crippen MR) is 147 cm³/mol. The van der Waals surface area contributed by atoms with Crippen LogP contribution in [0.3, 0.4) is 0 Å². The molecule has 0 saturated carbocycles. The standard InChI is InChI=1S/C28H32ClN3O4S/c1-5-30-28(34)22(4)31(18-23-10-9-11-24(29)17-23)27(33)19-32(26-16-20(2)14-15-21(26)3)37(35,36)25-12-7-6-8-13-25/h6-17,22H,5,18-19H2,1-4H3,(H,30,34)/t22-/m1/s1. The lowest BCUT2D eigenvalue weighted by Crippen LogP contribution is -2.51. The minimum Gasteiger partial charge on any atom is -0.355 e. The molecule has 196 valence electrons. The summed E-state index contributed by atoms with van der Waals surface area (Å²) in [6.07, 6.45) is 0. The van der Waals surface area contributed by atoms with E-state index in [9.17, 15) is 18.0 Å². The van der Waals surface area contributed by atoms with Crippen LogP contribution in [0.5, 0.6) is 0 Å². The lowest BCUT2D eigenvalue weighted by molar-refractivity contribution is -0.139. The van der Waals surface area contributed by atoms with Crippen LogP contribution in [-0.2, 0) is 26.2 Å². The number of carbonyl (C=O) groups excluding carboxylic acids is 2. The Morgan fingerprint density at radius 3 is 2.32 bits per heavy atom. The summed E-state index contributed by atoms with van der Waals surface area (Å²) < 4.78 is 28.8. The van der Waals surface area contributed by atoms with Crippen LogP contribution >= 0.6 is 11.6 Å². The van der Waals surface area contributed by atoms with Crippen molar-refractivity contribution in [3.63, 3.8) is 0 Å². The van der Waals surface area contributed by atoms with Gasteiger partial charge in [0.25, 0.3) is 10.0 Å². The second-order valence-corrected chi connectivity index (χ2v) is 11.1. The number of nitrogens with zero attached hydrogens (tertiary/aromatic N) is 2. The number of nitrogens with one attached hydrogen (secondary N) is 1. The second-order valence-electron chi connectivity index (χ2n) is 8.84. The summed E-state index contributed by atoms with van der Waals surface area (Å²) in [5.41, 5.74) is 2.69. The fourth-order valence-electron chi connectivity index (χ4n) is 3.96. The van der Waals surface area contributed by atoms with Crippen LogP contribution in [0, 0.1) is 13.8 Å². The van der Waals surface area contributed by atoms with Crippen molar-refractivity contribution in [1.29, 1.82) is 0 Å². The van der Waals surface area contributed by atoms with Gasteiger partial charge >= 0.3 is 0 Å². The quantitative estimate of drug-likeness (QED) is 0.403. The summed E-state index contributed by atoms with van der Waals surface area (Å²) in [4.78, 5) is 28.1. The first-order valence-electron chi connectivity index (χ1n) is 12.0. The molecule has 0 radical (unpaired) electrons. The third-order valence-electron chi connectivity index (χ3n) is 6.00. The van der Waals surface area contributed by atoms with E-state index in [1.54, 1.807) is 69.3 Å². The van der Waals surface area contributed by atoms with Gasteiger partial charge in [-0.25, -0.2) is 8.42 Å². The van der Waals surface area contributed by atoms with Gasteiger partial charge in [-0.3, -0.25) is 13.9 Å². The molecule has 0 aliphatic heterocycles. The predicted octanol–water partition coefficient (Wildman–Crippen LogP) is 4.71. The van der Waals surface area contributed by atoms with E-state index in [-0.39, 0.29) is 17.3 Å². The van der Waals surface area contributed by atoms with Crippen LogP contribution in [0.1, 0.15) is 30.5 Å². The molecule has 0 heterocycles. The molecule has 0 aliphatic rings. The molecule has 0 spiro atoms. The first-order valence-corrected chi connectivity index (χ1v) is 13.8. The zero-order valence-corrected chi connectivity index (χ0v) is 23.0. The molecular formula is C28H32ClN3O4S. The summed E-state index contributed by atoms with van der Waals surface area (Å²) in [5, 5.41) is 3.24. The first-order chi connectivity index (χ1) is 17.5. The van der Waals surface area contributed by atoms with Crippen LogP contribution in [0.4, 0.5) is 5.69 Å². The molecule has 3 aromatic carbocycles. The van der Waals surface area contributed by atoms with E-state index in [2.05, 4.69) is 5.32 Å². The Balaban J connectivity index is 2.06. The lowest BCUT2D eigenvalue weighted by atomic mass is 10.1. The Labute approximate surface area is 224 Å². The van der Waals surface area contributed by atoms with Crippen LogP contribution in [0.15, 0.2) is 77.7 Å². The Kier molecular flexibility index (Phi) is 9.34. The summed E-state index contributed by atoms with van der Waals surface area (Å²) in [6, 6.07) is 19.6. The molecule has 0 fully saturated rings. The minimum atomic E-state index is -4.09. The van der Waals surface area contributed by atoms with Crippen molar-refractivity contribution in [3.8, 4) is 0 Å². The number of aryl methyl sites for hydroxylation is 2. The normalized spacial score (nSPS) is 12.0. The molecule has 3 rings (SSSR count). The molecule has 9 heteroatoms. The van der Waals surface area contributed by atoms with Gasteiger partial charge in [0.15, 0.2) is 0 Å². The van der Waals surface area contributed by atoms with Crippen molar-refractivity contribution in [2.75, 3.05) is 17.4 Å². The van der Waals surface area contributed by atoms with Gasteiger partial charge in [-0.05, 0) is 74.7 Å². The molecule has 0 unspecified atom stereocenters. The van der Waals surface area contributed by atoms with Crippen LogP contribution in [-0.4, -0.2) is 44.3 Å². The molecule has 37 heavy (non-hydrogen) atoms. The monoisotopic (exact) mass is 541 g/mol. The van der Waals surface area contributed by atoms with Gasteiger partial charge in [-0.2, -0.15) is 0 Å². The van der Waals surface area contributed by atoms with Gasteiger partial charge in [-0.15, -0.1) is 0 Å².